The Morgan fingerprint density at radius 1 is 1.22 bits per heavy atom. The average Bonchev–Trinajstić information content (AvgIpc) is 2.93. The molecule has 1 fully saturated rings. The summed E-state index contributed by atoms with van der Waals surface area (Å²) in [5.41, 5.74) is 3.80. The van der Waals surface area contributed by atoms with Gasteiger partial charge in [0.1, 0.15) is 5.75 Å². The molecular weight excluding hydrogens is 342 g/mol. The number of aromatic nitrogens is 2. The number of ether oxygens (including phenoxy) is 1. The van der Waals surface area contributed by atoms with E-state index in [2.05, 4.69) is 32.3 Å². The van der Waals surface area contributed by atoms with Gasteiger partial charge in [0.2, 0.25) is 5.91 Å². The number of hydrogen-bond donors (Lipinski definition) is 1. The van der Waals surface area contributed by atoms with Crippen LogP contribution in [0.3, 0.4) is 0 Å². The van der Waals surface area contributed by atoms with Crippen molar-refractivity contribution in [2.24, 2.45) is 7.05 Å². The molecule has 1 aliphatic rings. The number of carbonyl (C=O) groups excluding carboxylic acids is 1. The van der Waals surface area contributed by atoms with Crippen molar-refractivity contribution in [3.8, 4) is 5.75 Å². The average molecular weight is 371 g/mol. The smallest absolute Gasteiger partial charge is 0.241 e. The van der Waals surface area contributed by atoms with Crippen LogP contribution in [0.2, 0.25) is 0 Å². The maximum absolute atomic E-state index is 12.7. The Bertz CT molecular complexity index is 809. The Kier molecular flexibility index (Phi) is 5.70. The van der Waals surface area contributed by atoms with Crippen LogP contribution < -0.4 is 15.0 Å². The second-order valence-electron chi connectivity index (χ2n) is 7.06. The first-order valence-corrected chi connectivity index (χ1v) is 9.35. The standard InChI is InChI=1S/C20H29N5O2/c1-14-19(15(2)23(4)22-14)21-20(26)16(3)24-9-11-25(12-10-24)17-7-6-8-18(13-17)27-5/h6-8,13,16H,9-12H2,1-5H3,(H,21,26)/t16-/m0/s1. The Hall–Kier alpha value is -2.54. The number of benzene rings is 1. The SMILES string of the molecule is COc1cccc(N2CCN([C@@H](C)C(=O)Nc3c(C)nn(C)c3C)CC2)c1. The van der Waals surface area contributed by atoms with Crippen molar-refractivity contribution in [1.29, 1.82) is 0 Å². The lowest BCUT2D eigenvalue weighted by atomic mass is 10.2. The van der Waals surface area contributed by atoms with Gasteiger partial charge in [-0.15, -0.1) is 0 Å². The van der Waals surface area contributed by atoms with Crippen LogP contribution in [0.15, 0.2) is 24.3 Å². The summed E-state index contributed by atoms with van der Waals surface area (Å²) in [5, 5.41) is 7.42. The van der Waals surface area contributed by atoms with E-state index >= 15 is 0 Å². The quantitative estimate of drug-likeness (QED) is 0.873. The van der Waals surface area contributed by atoms with Gasteiger partial charge in [0, 0.05) is 45.0 Å². The van der Waals surface area contributed by atoms with Crippen LogP contribution in [-0.4, -0.2) is 59.9 Å². The zero-order valence-electron chi connectivity index (χ0n) is 16.8. The number of anilines is 2. The second-order valence-corrected chi connectivity index (χ2v) is 7.06. The molecule has 0 bridgehead atoms. The van der Waals surface area contributed by atoms with Crippen LogP contribution in [0.5, 0.6) is 5.75 Å². The molecule has 1 aliphatic heterocycles. The lowest BCUT2D eigenvalue weighted by Crippen LogP contribution is -2.52. The van der Waals surface area contributed by atoms with Gasteiger partial charge in [-0.1, -0.05) is 6.07 Å². The molecule has 1 saturated heterocycles. The maximum Gasteiger partial charge on any atom is 0.241 e. The molecule has 27 heavy (non-hydrogen) atoms. The molecule has 146 valence electrons. The summed E-state index contributed by atoms with van der Waals surface area (Å²) < 4.78 is 7.11. The molecule has 2 heterocycles. The number of carbonyl (C=O) groups is 1. The Morgan fingerprint density at radius 3 is 2.52 bits per heavy atom. The zero-order valence-corrected chi connectivity index (χ0v) is 16.8. The molecule has 7 heteroatoms. The van der Waals surface area contributed by atoms with E-state index < -0.39 is 0 Å². The monoisotopic (exact) mass is 371 g/mol. The van der Waals surface area contributed by atoms with E-state index in [1.807, 2.05) is 40.0 Å². The van der Waals surface area contributed by atoms with Crippen molar-refractivity contribution in [3.63, 3.8) is 0 Å². The van der Waals surface area contributed by atoms with Crippen LogP contribution in [0, 0.1) is 13.8 Å². The minimum atomic E-state index is -0.184. The van der Waals surface area contributed by atoms with Crippen LogP contribution >= 0.6 is 0 Å². The molecule has 3 rings (SSSR count). The molecule has 0 unspecified atom stereocenters. The molecule has 1 N–H and O–H groups in total. The van der Waals surface area contributed by atoms with Crippen molar-refractivity contribution < 1.29 is 9.53 Å². The molecule has 1 atom stereocenters. The van der Waals surface area contributed by atoms with Crippen LogP contribution in [0.4, 0.5) is 11.4 Å². The normalized spacial score (nSPS) is 16.3. The van der Waals surface area contributed by atoms with Crippen molar-refractivity contribution in [3.05, 3.63) is 35.7 Å². The third kappa shape index (κ3) is 4.08. The number of rotatable bonds is 5. The van der Waals surface area contributed by atoms with Crippen LogP contribution in [0.25, 0.3) is 0 Å². The summed E-state index contributed by atoms with van der Waals surface area (Å²) in [5.74, 6) is 0.883. The van der Waals surface area contributed by atoms with Crippen LogP contribution in [0.1, 0.15) is 18.3 Å². The fraction of sp³-hybridized carbons (Fsp3) is 0.500. The highest BCUT2D eigenvalue weighted by Crippen LogP contribution is 2.23. The summed E-state index contributed by atoms with van der Waals surface area (Å²) in [4.78, 5) is 17.3. The van der Waals surface area contributed by atoms with Gasteiger partial charge in [-0.2, -0.15) is 5.10 Å². The van der Waals surface area contributed by atoms with Gasteiger partial charge in [-0.05, 0) is 32.9 Å². The highest BCUT2D eigenvalue weighted by atomic mass is 16.5. The fourth-order valence-electron chi connectivity index (χ4n) is 3.52. The van der Waals surface area contributed by atoms with Gasteiger partial charge >= 0.3 is 0 Å². The molecular formula is C20H29N5O2. The third-order valence-electron chi connectivity index (χ3n) is 5.42. The highest BCUT2D eigenvalue weighted by Gasteiger charge is 2.27. The molecule has 2 aromatic rings. The minimum absolute atomic E-state index is 0.0176. The topological polar surface area (TPSA) is 62.6 Å². The highest BCUT2D eigenvalue weighted by molar-refractivity contribution is 5.95. The van der Waals surface area contributed by atoms with Crippen LogP contribution in [-0.2, 0) is 11.8 Å². The number of nitrogens with zero attached hydrogens (tertiary/aromatic N) is 4. The maximum atomic E-state index is 12.7. The van der Waals surface area contributed by atoms with Gasteiger partial charge in [0.25, 0.3) is 0 Å². The summed E-state index contributed by atoms with van der Waals surface area (Å²) in [6.07, 6.45) is 0. The summed E-state index contributed by atoms with van der Waals surface area (Å²) in [6, 6.07) is 7.93. The molecule has 1 aromatic heterocycles. The van der Waals surface area contributed by atoms with Gasteiger partial charge in [-0.3, -0.25) is 14.4 Å². The number of methoxy groups -OCH3 is 1. The van der Waals surface area contributed by atoms with E-state index in [0.717, 1.165) is 54.7 Å². The van der Waals surface area contributed by atoms with Crippen molar-refractivity contribution in [2.45, 2.75) is 26.8 Å². The van der Waals surface area contributed by atoms with Gasteiger partial charge in [0.05, 0.1) is 30.2 Å². The number of amides is 1. The number of aryl methyl sites for hydroxylation is 2. The molecule has 0 spiro atoms. The fourth-order valence-corrected chi connectivity index (χ4v) is 3.52. The molecule has 7 nitrogen and oxygen atoms in total. The lowest BCUT2D eigenvalue weighted by Gasteiger charge is -2.38. The second kappa shape index (κ2) is 8.00. The first-order valence-electron chi connectivity index (χ1n) is 9.35. The zero-order chi connectivity index (χ0) is 19.6. The Labute approximate surface area is 160 Å². The molecule has 0 saturated carbocycles. The van der Waals surface area contributed by atoms with E-state index in [9.17, 15) is 4.79 Å². The van der Waals surface area contributed by atoms with E-state index in [0.29, 0.717) is 0 Å². The largest absolute Gasteiger partial charge is 0.497 e. The van der Waals surface area contributed by atoms with Crippen molar-refractivity contribution in [2.75, 3.05) is 43.5 Å². The summed E-state index contributed by atoms with van der Waals surface area (Å²) >= 11 is 0. The molecule has 1 aromatic carbocycles. The van der Waals surface area contributed by atoms with Gasteiger partial charge in [-0.25, -0.2) is 0 Å². The minimum Gasteiger partial charge on any atom is -0.497 e. The summed E-state index contributed by atoms with van der Waals surface area (Å²) in [6.45, 7) is 9.31. The van der Waals surface area contributed by atoms with E-state index in [4.69, 9.17) is 4.74 Å². The lowest BCUT2D eigenvalue weighted by molar-refractivity contribution is -0.120. The number of nitrogens with one attached hydrogen (secondary N) is 1. The Balaban J connectivity index is 1.59. The first kappa shape index (κ1) is 19.2. The predicted octanol–water partition coefficient (Wildman–Crippen LogP) is 2.19. The number of hydrogen-bond acceptors (Lipinski definition) is 5. The molecule has 0 aliphatic carbocycles. The van der Waals surface area contributed by atoms with Gasteiger partial charge in [0.15, 0.2) is 0 Å². The van der Waals surface area contributed by atoms with E-state index in [-0.39, 0.29) is 11.9 Å². The van der Waals surface area contributed by atoms with E-state index in [1.54, 1.807) is 11.8 Å². The first-order chi connectivity index (χ1) is 12.9. The molecule has 0 radical (unpaired) electrons. The van der Waals surface area contributed by atoms with E-state index in [1.165, 1.54) is 0 Å². The van der Waals surface area contributed by atoms with Crippen molar-refractivity contribution >= 4 is 17.3 Å². The third-order valence-corrected chi connectivity index (χ3v) is 5.42. The number of piperazine rings is 1. The summed E-state index contributed by atoms with van der Waals surface area (Å²) in [7, 11) is 3.57. The molecule has 1 amide bonds. The predicted molar refractivity (Wildman–Crippen MR) is 108 cm³/mol. The van der Waals surface area contributed by atoms with Gasteiger partial charge < -0.3 is 15.0 Å². The van der Waals surface area contributed by atoms with Crippen molar-refractivity contribution in [1.82, 2.24) is 14.7 Å². The Morgan fingerprint density at radius 2 is 1.93 bits per heavy atom.